The zero-order valence-electron chi connectivity index (χ0n) is 33.4. The molecule has 3 aromatic heterocycles. The Labute approximate surface area is 336 Å². The van der Waals surface area contributed by atoms with E-state index in [4.69, 9.17) is 15.0 Å². The van der Waals surface area contributed by atoms with Gasteiger partial charge in [0.05, 0.1) is 0 Å². The Balaban J connectivity index is 1.32. The van der Waals surface area contributed by atoms with Crippen molar-refractivity contribution in [1.82, 2.24) is 15.0 Å². The predicted molar refractivity (Wildman–Crippen MR) is 236 cm³/mol. The summed E-state index contributed by atoms with van der Waals surface area (Å²) in [7, 11) is 0. The van der Waals surface area contributed by atoms with Gasteiger partial charge in [-0.1, -0.05) is 53.1 Å². The average molecular weight is 754 g/mol. The van der Waals surface area contributed by atoms with Gasteiger partial charge in [0.25, 0.3) is 0 Å². The highest BCUT2D eigenvalue weighted by molar-refractivity contribution is 5.86. The van der Waals surface area contributed by atoms with Gasteiger partial charge in [0.2, 0.25) is 0 Å². The van der Waals surface area contributed by atoms with E-state index in [1.807, 2.05) is 0 Å². The molecule has 3 aromatic carbocycles. The molecule has 0 N–H and O–H groups in total. The minimum atomic E-state index is 0.825. The third kappa shape index (κ3) is 6.89. The number of pyridine rings is 3. The molecule has 3 saturated heterocycles. The second kappa shape index (κ2) is 14.8. The van der Waals surface area contributed by atoms with Crippen molar-refractivity contribution in [2.75, 3.05) is 68.7 Å². The van der Waals surface area contributed by atoms with Gasteiger partial charge in [0.15, 0.2) is 0 Å². The standard InChI is InChI=1S/C48H51N9/c1-34-10-16-37(17-11-34)55-43-28-40(52-22-4-5-23-52)30-45(49-43)56(38-18-12-35(2)13-19-38)47-32-42(54-26-8-9-27-54)33-48(51-47)57(39-20-14-36(3)15-21-39)46-31-41(29-44(55)50-46)53-24-6-7-25-53/h10-21,28-33H,4-9,22-27H2,1-3H3. The van der Waals surface area contributed by atoms with Crippen LogP contribution in [0.5, 0.6) is 0 Å². The number of aromatic nitrogens is 3. The van der Waals surface area contributed by atoms with Gasteiger partial charge in [-0.2, -0.15) is 0 Å². The van der Waals surface area contributed by atoms with Crippen molar-refractivity contribution >= 4 is 69.0 Å². The van der Waals surface area contributed by atoms with Gasteiger partial charge in [-0.15, -0.1) is 0 Å². The van der Waals surface area contributed by atoms with Crippen LogP contribution in [0, 0.1) is 20.8 Å². The quantitative estimate of drug-likeness (QED) is 0.165. The number of rotatable bonds is 6. The molecule has 0 atom stereocenters. The molecule has 6 bridgehead atoms. The van der Waals surface area contributed by atoms with Crippen molar-refractivity contribution in [3.8, 4) is 0 Å². The zero-order valence-corrected chi connectivity index (χ0v) is 33.4. The Hall–Kier alpha value is -6.09. The van der Waals surface area contributed by atoms with Gasteiger partial charge >= 0.3 is 0 Å². The first-order chi connectivity index (χ1) is 27.9. The van der Waals surface area contributed by atoms with Crippen LogP contribution >= 0.6 is 0 Å². The zero-order chi connectivity index (χ0) is 38.5. The number of hydrogen-bond acceptors (Lipinski definition) is 9. The van der Waals surface area contributed by atoms with E-state index in [1.54, 1.807) is 0 Å². The molecule has 0 radical (unpaired) electrons. The molecule has 288 valence electrons. The summed E-state index contributed by atoms with van der Waals surface area (Å²) in [6, 6.07) is 40.0. The van der Waals surface area contributed by atoms with Crippen LogP contribution in [-0.4, -0.2) is 54.2 Å². The normalized spacial score (nSPS) is 16.7. The van der Waals surface area contributed by atoms with Crippen LogP contribution in [0.3, 0.4) is 0 Å². The van der Waals surface area contributed by atoms with E-state index in [-0.39, 0.29) is 0 Å². The number of aryl methyl sites for hydroxylation is 3. The molecule has 6 aromatic rings. The van der Waals surface area contributed by atoms with Crippen molar-refractivity contribution < 1.29 is 0 Å². The topological polar surface area (TPSA) is 58.1 Å². The van der Waals surface area contributed by atoms with Gasteiger partial charge in [-0.05, 0) is 95.7 Å². The Kier molecular flexibility index (Phi) is 9.16. The first-order valence-corrected chi connectivity index (χ1v) is 20.9. The smallest absolute Gasteiger partial charge is 0.143 e. The number of anilines is 12. The molecule has 10 rings (SSSR count). The second-order valence-electron chi connectivity index (χ2n) is 16.2. The molecule has 9 heteroatoms. The molecule has 0 saturated carbocycles. The molecule has 7 heterocycles. The number of nitrogens with zero attached hydrogens (tertiary/aromatic N) is 9. The Morgan fingerprint density at radius 1 is 0.298 bits per heavy atom. The molecule has 9 nitrogen and oxygen atoms in total. The second-order valence-corrected chi connectivity index (χ2v) is 16.2. The maximum Gasteiger partial charge on any atom is 0.143 e. The molecular formula is C48H51N9. The highest BCUT2D eigenvalue weighted by Crippen LogP contribution is 2.46. The largest absolute Gasteiger partial charge is 0.371 e. The van der Waals surface area contributed by atoms with Crippen LogP contribution in [0.25, 0.3) is 0 Å². The Morgan fingerprint density at radius 3 is 0.719 bits per heavy atom. The molecule has 0 spiro atoms. The van der Waals surface area contributed by atoms with Crippen molar-refractivity contribution in [3.05, 3.63) is 126 Å². The SMILES string of the molecule is Cc1ccc(N2c3cc(N4CCCC4)cc(n3)N(c3ccc(C)cc3)c3cc(N4CCCC4)cc(n3)N(c3ccc(C)cc3)c3cc(N4CCCC4)cc2n3)cc1. The van der Waals surface area contributed by atoms with Gasteiger partial charge in [0.1, 0.15) is 34.9 Å². The van der Waals surface area contributed by atoms with Crippen LogP contribution in [0.4, 0.5) is 69.0 Å². The highest BCUT2D eigenvalue weighted by atomic mass is 15.4. The fraction of sp³-hybridized carbons (Fsp3) is 0.312. The Morgan fingerprint density at radius 2 is 0.509 bits per heavy atom. The fourth-order valence-electron chi connectivity index (χ4n) is 8.85. The van der Waals surface area contributed by atoms with Crippen LogP contribution < -0.4 is 29.4 Å². The summed E-state index contributed by atoms with van der Waals surface area (Å²) in [5.41, 5.74) is 10.2. The van der Waals surface area contributed by atoms with Crippen LogP contribution in [0.15, 0.2) is 109 Å². The summed E-state index contributed by atoms with van der Waals surface area (Å²) < 4.78 is 0. The lowest BCUT2D eigenvalue weighted by Gasteiger charge is -2.34. The van der Waals surface area contributed by atoms with E-state index in [1.165, 1.54) is 55.2 Å². The summed E-state index contributed by atoms with van der Waals surface area (Å²) in [5, 5.41) is 0. The van der Waals surface area contributed by atoms with Crippen molar-refractivity contribution in [1.29, 1.82) is 0 Å². The molecule has 4 aliphatic rings. The predicted octanol–water partition coefficient (Wildman–Crippen LogP) is 11.3. The lowest BCUT2D eigenvalue weighted by atomic mass is 10.1. The molecule has 57 heavy (non-hydrogen) atoms. The lowest BCUT2D eigenvalue weighted by Crippen LogP contribution is -2.25. The van der Waals surface area contributed by atoms with E-state index in [2.05, 4.69) is 159 Å². The van der Waals surface area contributed by atoms with Crippen LogP contribution in [0.1, 0.15) is 55.2 Å². The van der Waals surface area contributed by atoms with Crippen molar-refractivity contribution in [2.24, 2.45) is 0 Å². The molecule has 4 aliphatic heterocycles. The summed E-state index contributed by atoms with van der Waals surface area (Å²) in [6.07, 6.45) is 7.06. The van der Waals surface area contributed by atoms with E-state index >= 15 is 0 Å². The molecular weight excluding hydrogens is 703 g/mol. The summed E-state index contributed by atoms with van der Waals surface area (Å²) in [4.78, 5) is 31.3. The summed E-state index contributed by atoms with van der Waals surface area (Å²) in [6.45, 7) is 12.5. The third-order valence-corrected chi connectivity index (χ3v) is 12.0. The van der Waals surface area contributed by atoms with E-state index in [0.717, 1.165) is 108 Å². The minimum absolute atomic E-state index is 0.825. The maximum atomic E-state index is 5.65. The molecule has 0 unspecified atom stereocenters. The van der Waals surface area contributed by atoms with Gasteiger partial charge in [0, 0.05) is 110 Å². The van der Waals surface area contributed by atoms with Gasteiger partial charge in [-0.25, -0.2) is 15.0 Å². The first-order valence-electron chi connectivity index (χ1n) is 20.9. The fourth-order valence-corrected chi connectivity index (χ4v) is 8.85. The van der Waals surface area contributed by atoms with Crippen LogP contribution in [-0.2, 0) is 0 Å². The highest BCUT2D eigenvalue weighted by Gasteiger charge is 2.30. The average Bonchev–Trinajstić information content (AvgIpc) is 4.06. The van der Waals surface area contributed by atoms with E-state index in [9.17, 15) is 0 Å². The van der Waals surface area contributed by atoms with Crippen molar-refractivity contribution in [3.63, 3.8) is 0 Å². The maximum absolute atomic E-state index is 5.65. The number of hydrogen-bond donors (Lipinski definition) is 0. The molecule has 3 fully saturated rings. The number of fused-ring (bicyclic) bond motifs is 6. The third-order valence-electron chi connectivity index (χ3n) is 12.0. The summed E-state index contributed by atoms with van der Waals surface area (Å²) >= 11 is 0. The van der Waals surface area contributed by atoms with Gasteiger partial charge < -0.3 is 14.7 Å². The Bertz CT molecular complexity index is 2040. The van der Waals surface area contributed by atoms with E-state index in [0.29, 0.717) is 0 Å². The van der Waals surface area contributed by atoms with Crippen LogP contribution in [0.2, 0.25) is 0 Å². The summed E-state index contributed by atoms with van der Waals surface area (Å²) in [5.74, 6) is 4.95. The number of benzene rings is 3. The molecule has 0 aliphatic carbocycles. The lowest BCUT2D eigenvalue weighted by molar-refractivity contribution is 0.949. The van der Waals surface area contributed by atoms with Crippen molar-refractivity contribution in [2.45, 2.75) is 59.3 Å². The minimum Gasteiger partial charge on any atom is -0.371 e. The molecule has 0 amide bonds. The van der Waals surface area contributed by atoms with E-state index < -0.39 is 0 Å². The van der Waals surface area contributed by atoms with Gasteiger partial charge in [-0.3, -0.25) is 14.7 Å². The first kappa shape index (κ1) is 35.3. The monoisotopic (exact) mass is 753 g/mol.